The molecule has 0 aromatic rings. The van der Waals surface area contributed by atoms with E-state index in [1.165, 1.54) is 0 Å². The highest BCUT2D eigenvalue weighted by Crippen LogP contribution is 2.03. The van der Waals surface area contributed by atoms with Crippen LogP contribution in [-0.2, 0) is 9.59 Å². The van der Waals surface area contributed by atoms with Crippen molar-refractivity contribution < 1.29 is 9.59 Å². The van der Waals surface area contributed by atoms with E-state index in [0.29, 0.717) is 25.7 Å². The van der Waals surface area contributed by atoms with Crippen molar-refractivity contribution >= 4 is 11.6 Å². The Labute approximate surface area is 86.3 Å². The SMILES string of the molecule is CCNC(CCC(=O)CC)C(=O)CC. The van der Waals surface area contributed by atoms with E-state index in [1.54, 1.807) is 0 Å². The molecular weight excluding hydrogens is 178 g/mol. The van der Waals surface area contributed by atoms with Crippen LogP contribution in [0.1, 0.15) is 46.5 Å². The quantitative estimate of drug-likeness (QED) is 0.647. The molecule has 0 bridgehead atoms. The Morgan fingerprint density at radius 2 is 1.79 bits per heavy atom. The summed E-state index contributed by atoms with van der Waals surface area (Å²) in [5, 5.41) is 3.11. The van der Waals surface area contributed by atoms with Crippen molar-refractivity contribution in [2.75, 3.05) is 6.54 Å². The molecule has 82 valence electrons. The molecule has 0 saturated heterocycles. The first-order valence-corrected chi connectivity index (χ1v) is 5.43. The zero-order valence-corrected chi connectivity index (χ0v) is 9.43. The van der Waals surface area contributed by atoms with Crippen molar-refractivity contribution in [2.24, 2.45) is 0 Å². The van der Waals surface area contributed by atoms with Gasteiger partial charge < -0.3 is 5.32 Å². The minimum Gasteiger partial charge on any atom is -0.308 e. The van der Waals surface area contributed by atoms with Gasteiger partial charge >= 0.3 is 0 Å². The first-order chi connectivity index (χ1) is 6.65. The number of rotatable bonds is 8. The first kappa shape index (κ1) is 13.3. The summed E-state index contributed by atoms with van der Waals surface area (Å²) in [6.07, 6.45) is 2.27. The Morgan fingerprint density at radius 3 is 2.21 bits per heavy atom. The van der Waals surface area contributed by atoms with Crippen LogP contribution in [0.2, 0.25) is 0 Å². The largest absolute Gasteiger partial charge is 0.308 e. The molecule has 0 aliphatic rings. The normalized spacial score (nSPS) is 12.5. The fraction of sp³-hybridized carbons (Fsp3) is 0.818. The lowest BCUT2D eigenvalue weighted by Crippen LogP contribution is -2.36. The molecule has 3 heteroatoms. The molecule has 1 atom stereocenters. The Bertz CT molecular complexity index is 190. The summed E-state index contributed by atoms with van der Waals surface area (Å²) in [6.45, 7) is 6.45. The minimum absolute atomic E-state index is 0.125. The number of ketones is 2. The standard InChI is InChI=1S/C11H21NO2/c1-4-9(13)7-8-10(12-6-3)11(14)5-2/h10,12H,4-8H2,1-3H3. The summed E-state index contributed by atoms with van der Waals surface area (Å²) < 4.78 is 0. The topological polar surface area (TPSA) is 46.2 Å². The van der Waals surface area contributed by atoms with Crippen molar-refractivity contribution in [3.63, 3.8) is 0 Å². The lowest BCUT2D eigenvalue weighted by Gasteiger charge is -2.14. The number of hydrogen-bond acceptors (Lipinski definition) is 3. The van der Waals surface area contributed by atoms with Gasteiger partial charge in [-0.25, -0.2) is 0 Å². The van der Waals surface area contributed by atoms with Crippen LogP contribution in [0.4, 0.5) is 0 Å². The molecule has 1 unspecified atom stereocenters. The highest BCUT2D eigenvalue weighted by molar-refractivity contribution is 5.85. The van der Waals surface area contributed by atoms with Crippen LogP contribution in [0.15, 0.2) is 0 Å². The molecule has 3 nitrogen and oxygen atoms in total. The number of Topliss-reactive ketones (excluding diaryl/α,β-unsaturated/α-hetero) is 2. The number of hydrogen-bond donors (Lipinski definition) is 1. The molecule has 0 radical (unpaired) electrons. The van der Waals surface area contributed by atoms with Crippen LogP contribution in [0.3, 0.4) is 0 Å². The maximum Gasteiger partial charge on any atom is 0.149 e. The summed E-state index contributed by atoms with van der Waals surface area (Å²) in [7, 11) is 0. The summed E-state index contributed by atoms with van der Waals surface area (Å²) >= 11 is 0. The van der Waals surface area contributed by atoms with Crippen molar-refractivity contribution in [3.8, 4) is 0 Å². The van der Waals surface area contributed by atoms with Gasteiger partial charge in [-0.05, 0) is 13.0 Å². The summed E-state index contributed by atoms with van der Waals surface area (Å²) in [5.41, 5.74) is 0. The third-order valence-corrected chi connectivity index (χ3v) is 2.29. The van der Waals surface area contributed by atoms with Gasteiger partial charge in [-0.3, -0.25) is 9.59 Å². The molecule has 14 heavy (non-hydrogen) atoms. The average Bonchev–Trinajstić information content (AvgIpc) is 2.22. The molecule has 0 aliphatic carbocycles. The van der Waals surface area contributed by atoms with Crippen molar-refractivity contribution in [3.05, 3.63) is 0 Å². The summed E-state index contributed by atoms with van der Waals surface area (Å²) in [6, 6.07) is -0.125. The smallest absolute Gasteiger partial charge is 0.149 e. The molecule has 0 heterocycles. The van der Waals surface area contributed by atoms with Gasteiger partial charge in [0.25, 0.3) is 0 Å². The van der Waals surface area contributed by atoms with Crippen molar-refractivity contribution in [2.45, 2.75) is 52.5 Å². The third kappa shape index (κ3) is 5.12. The van der Waals surface area contributed by atoms with E-state index >= 15 is 0 Å². The molecule has 0 aromatic heterocycles. The van der Waals surface area contributed by atoms with Crippen LogP contribution in [0.5, 0.6) is 0 Å². The van der Waals surface area contributed by atoms with Crippen LogP contribution in [0, 0.1) is 0 Å². The fourth-order valence-corrected chi connectivity index (χ4v) is 1.35. The molecule has 0 amide bonds. The molecule has 0 aliphatic heterocycles. The average molecular weight is 199 g/mol. The highest BCUT2D eigenvalue weighted by atomic mass is 16.1. The number of carbonyl (C=O) groups excluding carboxylic acids is 2. The predicted octanol–water partition coefficient (Wildman–Crippen LogP) is 1.70. The van der Waals surface area contributed by atoms with Gasteiger partial charge in [0.05, 0.1) is 6.04 Å². The lowest BCUT2D eigenvalue weighted by molar-refractivity contribution is -0.121. The Kier molecular flexibility index (Phi) is 7.30. The summed E-state index contributed by atoms with van der Waals surface area (Å²) in [4.78, 5) is 22.5. The lowest BCUT2D eigenvalue weighted by atomic mass is 10.0. The molecule has 0 spiro atoms. The van der Waals surface area contributed by atoms with E-state index < -0.39 is 0 Å². The zero-order valence-electron chi connectivity index (χ0n) is 9.43. The van der Waals surface area contributed by atoms with Gasteiger partial charge in [0, 0.05) is 19.3 Å². The van der Waals surface area contributed by atoms with Crippen molar-refractivity contribution in [1.82, 2.24) is 5.32 Å². The summed E-state index contributed by atoms with van der Waals surface area (Å²) in [5.74, 6) is 0.438. The van der Waals surface area contributed by atoms with Gasteiger partial charge in [-0.2, -0.15) is 0 Å². The van der Waals surface area contributed by atoms with Gasteiger partial charge in [0.1, 0.15) is 11.6 Å². The Balaban J connectivity index is 3.96. The molecule has 1 N–H and O–H groups in total. The predicted molar refractivity (Wildman–Crippen MR) is 57.3 cm³/mol. The van der Waals surface area contributed by atoms with E-state index in [-0.39, 0.29) is 17.6 Å². The number of nitrogens with one attached hydrogen (secondary N) is 1. The van der Waals surface area contributed by atoms with E-state index in [0.717, 1.165) is 6.54 Å². The molecule has 0 saturated carbocycles. The van der Waals surface area contributed by atoms with Crippen LogP contribution in [-0.4, -0.2) is 24.2 Å². The van der Waals surface area contributed by atoms with Gasteiger partial charge in [-0.15, -0.1) is 0 Å². The third-order valence-electron chi connectivity index (χ3n) is 2.29. The van der Waals surface area contributed by atoms with Crippen LogP contribution in [0.25, 0.3) is 0 Å². The van der Waals surface area contributed by atoms with Gasteiger partial charge in [0.2, 0.25) is 0 Å². The molecular formula is C11H21NO2. The maximum absolute atomic E-state index is 11.4. The van der Waals surface area contributed by atoms with E-state index in [4.69, 9.17) is 0 Å². The maximum atomic E-state index is 11.4. The molecule has 0 rings (SSSR count). The van der Waals surface area contributed by atoms with Crippen LogP contribution < -0.4 is 5.32 Å². The number of carbonyl (C=O) groups is 2. The molecule has 0 fully saturated rings. The minimum atomic E-state index is -0.125. The van der Waals surface area contributed by atoms with E-state index in [9.17, 15) is 9.59 Å². The second-order valence-corrected chi connectivity index (χ2v) is 3.36. The monoisotopic (exact) mass is 199 g/mol. The van der Waals surface area contributed by atoms with E-state index in [1.807, 2.05) is 20.8 Å². The fourth-order valence-electron chi connectivity index (χ4n) is 1.35. The number of likely N-dealkylation sites (N-methyl/N-ethyl adjacent to an activating group) is 1. The van der Waals surface area contributed by atoms with E-state index in [2.05, 4.69) is 5.32 Å². The second-order valence-electron chi connectivity index (χ2n) is 3.36. The van der Waals surface area contributed by atoms with Crippen molar-refractivity contribution in [1.29, 1.82) is 0 Å². The van der Waals surface area contributed by atoms with Gasteiger partial charge in [0.15, 0.2) is 0 Å². The zero-order chi connectivity index (χ0) is 11.0. The molecule has 0 aromatic carbocycles. The Morgan fingerprint density at radius 1 is 1.14 bits per heavy atom. The Hall–Kier alpha value is -0.700. The first-order valence-electron chi connectivity index (χ1n) is 5.43. The van der Waals surface area contributed by atoms with Gasteiger partial charge in [-0.1, -0.05) is 20.8 Å². The highest BCUT2D eigenvalue weighted by Gasteiger charge is 2.15. The second kappa shape index (κ2) is 7.68. The van der Waals surface area contributed by atoms with Crippen LogP contribution >= 0.6 is 0 Å².